The zero-order valence-electron chi connectivity index (χ0n) is 13.6. The number of rotatable bonds is 3. The summed E-state index contributed by atoms with van der Waals surface area (Å²) in [5.74, 6) is -0.840. The molecule has 2 rings (SSSR count). The number of hydrogen-bond acceptors (Lipinski definition) is 4. The number of carbonyl (C=O) groups is 2. The predicted octanol–water partition coefficient (Wildman–Crippen LogP) is 1.03. The van der Waals surface area contributed by atoms with Crippen LogP contribution >= 0.6 is 0 Å². The van der Waals surface area contributed by atoms with Crippen molar-refractivity contribution in [2.75, 3.05) is 46.6 Å². The quantitative estimate of drug-likeness (QED) is 0.842. The summed E-state index contributed by atoms with van der Waals surface area (Å²) in [7, 11) is 1.51. The van der Waals surface area contributed by atoms with Crippen LogP contribution in [0.25, 0.3) is 0 Å². The SMILES string of the molecule is COCC1(C(=O)O)CCN(C(=O)N2CCOCC2(C)C)CC1. The minimum atomic E-state index is -0.869. The Morgan fingerprint density at radius 1 is 1.23 bits per heavy atom. The second-order valence-electron chi connectivity index (χ2n) is 6.80. The van der Waals surface area contributed by atoms with Crippen LogP contribution in [0, 0.1) is 5.41 Å². The molecule has 0 unspecified atom stereocenters. The Morgan fingerprint density at radius 2 is 1.86 bits per heavy atom. The second kappa shape index (κ2) is 6.42. The van der Waals surface area contributed by atoms with Crippen LogP contribution in [0.3, 0.4) is 0 Å². The molecule has 2 saturated heterocycles. The molecule has 2 fully saturated rings. The third-order valence-electron chi connectivity index (χ3n) is 4.74. The third kappa shape index (κ3) is 3.20. The van der Waals surface area contributed by atoms with E-state index < -0.39 is 11.4 Å². The lowest BCUT2D eigenvalue weighted by Crippen LogP contribution is -2.60. The fourth-order valence-corrected chi connectivity index (χ4v) is 3.21. The number of aliphatic carboxylic acids is 1. The van der Waals surface area contributed by atoms with Crippen molar-refractivity contribution in [3.63, 3.8) is 0 Å². The Morgan fingerprint density at radius 3 is 2.36 bits per heavy atom. The number of carboxylic acids is 1. The van der Waals surface area contributed by atoms with E-state index in [1.54, 1.807) is 4.90 Å². The highest BCUT2D eigenvalue weighted by molar-refractivity contribution is 5.78. The van der Waals surface area contributed by atoms with Crippen molar-refractivity contribution in [2.24, 2.45) is 5.41 Å². The molecule has 0 spiro atoms. The Balaban J connectivity index is 2.01. The molecule has 0 radical (unpaired) electrons. The first-order valence-corrected chi connectivity index (χ1v) is 7.69. The number of carbonyl (C=O) groups excluding carboxylic acids is 1. The fraction of sp³-hybridized carbons (Fsp3) is 0.867. The number of nitrogens with zero attached hydrogens (tertiary/aromatic N) is 2. The van der Waals surface area contributed by atoms with Gasteiger partial charge in [0, 0.05) is 26.7 Å². The molecular weight excluding hydrogens is 288 g/mol. The third-order valence-corrected chi connectivity index (χ3v) is 4.74. The summed E-state index contributed by atoms with van der Waals surface area (Å²) in [6.45, 7) is 6.70. The number of urea groups is 1. The molecule has 0 aromatic heterocycles. The summed E-state index contributed by atoms with van der Waals surface area (Å²) >= 11 is 0. The number of morpholine rings is 1. The topological polar surface area (TPSA) is 79.3 Å². The molecule has 7 nitrogen and oxygen atoms in total. The van der Waals surface area contributed by atoms with Crippen LogP contribution in [-0.2, 0) is 14.3 Å². The zero-order chi connectivity index (χ0) is 16.4. The molecule has 0 saturated carbocycles. The van der Waals surface area contributed by atoms with Gasteiger partial charge in [-0.2, -0.15) is 0 Å². The van der Waals surface area contributed by atoms with E-state index in [2.05, 4.69) is 0 Å². The van der Waals surface area contributed by atoms with Crippen molar-refractivity contribution in [2.45, 2.75) is 32.2 Å². The number of carboxylic acid groups (broad SMARTS) is 1. The van der Waals surface area contributed by atoms with Crippen molar-refractivity contribution in [1.82, 2.24) is 9.80 Å². The van der Waals surface area contributed by atoms with E-state index in [9.17, 15) is 14.7 Å². The highest BCUT2D eigenvalue weighted by Crippen LogP contribution is 2.33. The Labute approximate surface area is 131 Å². The van der Waals surface area contributed by atoms with Gasteiger partial charge in [0.05, 0.1) is 30.8 Å². The summed E-state index contributed by atoms with van der Waals surface area (Å²) in [6.07, 6.45) is 0.847. The van der Waals surface area contributed by atoms with Gasteiger partial charge >= 0.3 is 12.0 Å². The number of likely N-dealkylation sites (tertiary alicyclic amines) is 1. The Bertz CT molecular complexity index is 430. The minimum Gasteiger partial charge on any atom is -0.481 e. The molecule has 0 aromatic carbocycles. The first-order valence-electron chi connectivity index (χ1n) is 7.69. The molecule has 2 amide bonds. The number of ether oxygens (including phenoxy) is 2. The molecule has 0 bridgehead atoms. The Kier molecular flexibility index (Phi) is 4.97. The van der Waals surface area contributed by atoms with Gasteiger partial charge in [0.15, 0.2) is 0 Å². The van der Waals surface area contributed by atoms with Gasteiger partial charge < -0.3 is 24.4 Å². The standard InChI is InChI=1S/C15H26N2O5/c1-14(2)10-22-9-8-17(14)13(20)16-6-4-15(5-7-16,11-21-3)12(18)19/h4-11H2,1-3H3,(H,18,19). The smallest absolute Gasteiger partial charge is 0.320 e. The molecule has 22 heavy (non-hydrogen) atoms. The van der Waals surface area contributed by atoms with Crippen molar-refractivity contribution >= 4 is 12.0 Å². The summed E-state index contributed by atoms with van der Waals surface area (Å²) in [5, 5.41) is 9.47. The molecule has 126 valence electrons. The van der Waals surface area contributed by atoms with Gasteiger partial charge in [-0.15, -0.1) is 0 Å². The maximum atomic E-state index is 12.7. The highest BCUT2D eigenvalue weighted by atomic mass is 16.5. The molecule has 7 heteroatoms. The van der Waals surface area contributed by atoms with E-state index in [1.807, 2.05) is 18.7 Å². The van der Waals surface area contributed by atoms with Crippen molar-refractivity contribution in [3.8, 4) is 0 Å². The van der Waals surface area contributed by atoms with E-state index in [4.69, 9.17) is 9.47 Å². The van der Waals surface area contributed by atoms with Crippen LogP contribution in [-0.4, -0.2) is 79.0 Å². The van der Waals surface area contributed by atoms with Crippen LogP contribution in [0.1, 0.15) is 26.7 Å². The predicted molar refractivity (Wildman–Crippen MR) is 79.8 cm³/mol. The fourth-order valence-electron chi connectivity index (χ4n) is 3.21. The molecule has 0 aliphatic carbocycles. The lowest BCUT2D eigenvalue weighted by Gasteiger charge is -2.46. The lowest BCUT2D eigenvalue weighted by atomic mass is 9.79. The normalized spacial score (nSPS) is 24.1. The number of amides is 2. The second-order valence-corrected chi connectivity index (χ2v) is 6.80. The van der Waals surface area contributed by atoms with Crippen LogP contribution in [0.2, 0.25) is 0 Å². The van der Waals surface area contributed by atoms with Gasteiger partial charge in [-0.3, -0.25) is 4.79 Å². The van der Waals surface area contributed by atoms with Gasteiger partial charge in [0.2, 0.25) is 0 Å². The average Bonchev–Trinajstić information content (AvgIpc) is 2.47. The number of methoxy groups -OCH3 is 1. The molecule has 2 heterocycles. The minimum absolute atomic E-state index is 0.0234. The number of piperidine rings is 1. The lowest BCUT2D eigenvalue weighted by molar-refractivity contribution is -0.155. The van der Waals surface area contributed by atoms with Crippen molar-refractivity contribution in [1.29, 1.82) is 0 Å². The van der Waals surface area contributed by atoms with E-state index >= 15 is 0 Å². The molecule has 2 aliphatic rings. The van der Waals surface area contributed by atoms with Crippen molar-refractivity contribution in [3.05, 3.63) is 0 Å². The van der Waals surface area contributed by atoms with E-state index in [0.29, 0.717) is 45.7 Å². The molecule has 0 aromatic rings. The molecule has 1 N–H and O–H groups in total. The average molecular weight is 314 g/mol. The van der Waals surface area contributed by atoms with E-state index in [0.717, 1.165) is 0 Å². The van der Waals surface area contributed by atoms with Crippen LogP contribution in [0.15, 0.2) is 0 Å². The van der Waals surface area contributed by atoms with Crippen LogP contribution < -0.4 is 0 Å². The van der Waals surface area contributed by atoms with Gasteiger partial charge in [-0.25, -0.2) is 4.79 Å². The largest absolute Gasteiger partial charge is 0.481 e. The Hall–Kier alpha value is -1.34. The first kappa shape index (κ1) is 17.0. The molecule has 2 aliphatic heterocycles. The highest BCUT2D eigenvalue weighted by Gasteiger charge is 2.44. The van der Waals surface area contributed by atoms with Crippen molar-refractivity contribution < 1.29 is 24.2 Å². The van der Waals surface area contributed by atoms with E-state index in [1.165, 1.54) is 7.11 Å². The van der Waals surface area contributed by atoms with Crippen LogP contribution in [0.5, 0.6) is 0 Å². The van der Waals surface area contributed by atoms with Gasteiger partial charge in [0.1, 0.15) is 0 Å². The first-order chi connectivity index (χ1) is 10.3. The summed E-state index contributed by atoms with van der Waals surface area (Å²) in [6, 6.07) is -0.0234. The van der Waals surface area contributed by atoms with Crippen LogP contribution in [0.4, 0.5) is 4.79 Å². The maximum Gasteiger partial charge on any atom is 0.320 e. The van der Waals surface area contributed by atoms with Gasteiger partial charge in [-0.05, 0) is 26.7 Å². The number of hydrogen-bond donors (Lipinski definition) is 1. The summed E-state index contributed by atoms with van der Waals surface area (Å²) in [4.78, 5) is 27.9. The van der Waals surface area contributed by atoms with Gasteiger partial charge in [-0.1, -0.05) is 0 Å². The monoisotopic (exact) mass is 314 g/mol. The maximum absolute atomic E-state index is 12.7. The van der Waals surface area contributed by atoms with E-state index in [-0.39, 0.29) is 18.2 Å². The molecule has 0 atom stereocenters. The molecular formula is C15H26N2O5. The zero-order valence-corrected chi connectivity index (χ0v) is 13.6. The summed E-state index contributed by atoms with van der Waals surface area (Å²) < 4.78 is 10.5. The summed E-state index contributed by atoms with van der Waals surface area (Å²) in [5.41, 5.74) is -1.20. The van der Waals surface area contributed by atoms with Gasteiger partial charge in [0.25, 0.3) is 0 Å².